The molecule has 0 spiro atoms. The van der Waals surface area contributed by atoms with Crippen molar-refractivity contribution in [3.05, 3.63) is 35.3 Å². The molecule has 0 saturated carbocycles. The van der Waals surface area contributed by atoms with Crippen LogP contribution in [-0.4, -0.2) is 26.2 Å². The number of fused-ring (bicyclic) bond motifs is 1. The molecule has 0 saturated heterocycles. The van der Waals surface area contributed by atoms with E-state index in [-0.39, 0.29) is 11.0 Å². The van der Waals surface area contributed by atoms with E-state index in [0.29, 0.717) is 11.7 Å². The highest BCUT2D eigenvalue weighted by Crippen LogP contribution is 2.38. The molecule has 22 heavy (non-hydrogen) atoms. The summed E-state index contributed by atoms with van der Waals surface area (Å²) in [6.45, 7) is 7.97. The number of carboxylic acids is 1. The summed E-state index contributed by atoms with van der Waals surface area (Å²) in [5, 5.41) is 13.8. The molecule has 0 aliphatic carbocycles. The van der Waals surface area contributed by atoms with Crippen LogP contribution >= 0.6 is 0 Å². The molecule has 2 heterocycles. The molecule has 2 aromatic heterocycles. The average Bonchev–Trinajstić information content (AvgIpc) is 3.00. The van der Waals surface area contributed by atoms with Crippen LogP contribution in [-0.2, 0) is 5.41 Å². The number of nitrogens with one attached hydrogen (secondary N) is 1. The van der Waals surface area contributed by atoms with E-state index >= 15 is 0 Å². The van der Waals surface area contributed by atoms with Crippen molar-refractivity contribution in [3.63, 3.8) is 0 Å². The molecule has 0 atom stereocenters. The SMILES string of the molecule is Cc1noc(-c2c(C(C)(C)C)[nH]c3ccc(C(=O)O)cc23)n1. The van der Waals surface area contributed by atoms with Crippen molar-refractivity contribution in [1.82, 2.24) is 15.1 Å². The van der Waals surface area contributed by atoms with Crippen LogP contribution in [0.2, 0.25) is 0 Å². The standard InChI is InChI=1S/C16H17N3O3/c1-8-17-14(22-19-8)12-10-7-9(15(20)21)5-6-11(10)18-13(12)16(2,3)4/h5-7,18H,1-4H3,(H,20,21). The predicted molar refractivity (Wildman–Crippen MR) is 82.0 cm³/mol. The van der Waals surface area contributed by atoms with Crippen LogP contribution in [0.5, 0.6) is 0 Å². The van der Waals surface area contributed by atoms with Gasteiger partial charge in [0.2, 0.25) is 0 Å². The lowest BCUT2D eigenvalue weighted by molar-refractivity contribution is 0.0697. The van der Waals surface area contributed by atoms with Crippen LogP contribution in [0.3, 0.4) is 0 Å². The van der Waals surface area contributed by atoms with E-state index in [1.54, 1.807) is 25.1 Å². The molecular formula is C16H17N3O3. The number of carboxylic acid groups (broad SMARTS) is 1. The smallest absolute Gasteiger partial charge is 0.335 e. The first-order chi connectivity index (χ1) is 10.3. The number of aryl methyl sites for hydroxylation is 1. The van der Waals surface area contributed by atoms with Crippen molar-refractivity contribution in [2.24, 2.45) is 0 Å². The zero-order valence-corrected chi connectivity index (χ0v) is 12.9. The molecule has 1 aromatic carbocycles. The number of carbonyl (C=O) groups is 1. The Kier molecular flexibility index (Phi) is 3.05. The Morgan fingerprint density at radius 2 is 2.05 bits per heavy atom. The molecule has 3 aromatic rings. The van der Waals surface area contributed by atoms with Gasteiger partial charge in [0.1, 0.15) is 0 Å². The van der Waals surface area contributed by atoms with Gasteiger partial charge in [-0.25, -0.2) is 4.79 Å². The van der Waals surface area contributed by atoms with Gasteiger partial charge >= 0.3 is 5.97 Å². The summed E-state index contributed by atoms with van der Waals surface area (Å²) in [7, 11) is 0. The van der Waals surface area contributed by atoms with Crippen LogP contribution < -0.4 is 0 Å². The minimum Gasteiger partial charge on any atom is -0.478 e. The van der Waals surface area contributed by atoms with Gasteiger partial charge in [-0.05, 0) is 25.1 Å². The minimum atomic E-state index is -0.965. The number of aromatic carboxylic acids is 1. The number of rotatable bonds is 2. The first-order valence-electron chi connectivity index (χ1n) is 6.97. The van der Waals surface area contributed by atoms with Crippen molar-refractivity contribution in [2.45, 2.75) is 33.1 Å². The molecule has 0 unspecified atom stereocenters. The lowest BCUT2D eigenvalue weighted by atomic mass is 9.88. The quantitative estimate of drug-likeness (QED) is 0.755. The van der Waals surface area contributed by atoms with Gasteiger partial charge < -0.3 is 14.6 Å². The largest absolute Gasteiger partial charge is 0.478 e. The predicted octanol–water partition coefficient (Wildman–Crippen LogP) is 3.52. The average molecular weight is 299 g/mol. The molecule has 0 fully saturated rings. The number of aromatic nitrogens is 3. The Balaban J connectivity index is 2.37. The second-order valence-electron chi connectivity index (χ2n) is 6.34. The molecule has 0 aliphatic rings. The Labute approximate surface area is 127 Å². The number of nitrogens with zero attached hydrogens (tertiary/aromatic N) is 2. The summed E-state index contributed by atoms with van der Waals surface area (Å²) < 4.78 is 5.32. The summed E-state index contributed by atoms with van der Waals surface area (Å²) in [5.41, 5.74) is 2.60. The minimum absolute atomic E-state index is 0.180. The molecular weight excluding hydrogens is 282 g/mol. The topological polar surface area (TPSA) is 92.0 Å². The Morgan fingerprint density at radius 3 is 2.59 bits per heavy atom. The van der Waals surface area contributed by atoms with E-state index in [2.05, 4.69) is 35.9 Å². The molecule has 0 radical (unpaired) electrons. The van der Waals surface area contributed by atoms with Gasteiger partial charge in [-0.2, -0.15) is 4.98 Å². The Morgan fingerprint density at radius 1 is 1.32 bits per heavy atom. The summed E-state index contributed by atoms with van der Waals surface area (Å²) in [5.74, 6) is -0.0251. The second-order valence-corrected chi connectivity index (χ2v) is 6.34. The highest BCUT2D eigenvalue weighted by molar-refractivity contribution is 6.00. The van der Waals surface area contributed by atoms with Crippen LogP contribution in [0, 0.1) is 6.92 Å². The zero-order valence-electron chi connectivity index (χ0n) is 12.9. The maximum absolute atomic E-state index is 11.2. The van der Waals surface area contributed by atoms with Gasteiger partial charge in [0.25, 0.3) is 5.89 Å². The lowest BCUT2D eigenvalue weighted by Gasteiger charge is -2.18. The first kappa shape index (κ1) is 14.3. The highest BCUT2D eigenvalue weighted by atomic mass is 16.5. The molecule has 2 N–H and O–H groups in total. The fourth-order valence-corrected chi connectivity index (χ4v) is 2.51. The molecule has 0 bridgehead atoms. The van der Waals surface area contributed by atoms with Crippen LogP contribution in [0.15, 0.2) is 22.7 Å². The first-order valence-corrected chi connectivity index (χ1v) is 6.97. The number of hydrogen-bond acceptors (Lipinski definition) is 4. The molecule has 0 aliphatic heterocycles. The number of hydrogen-bond donors (Lipinski definition) is 2. The van der Waals surface area contributed by atoms with Crippen LogP contribution in [0.25, 0.3) is 22.4 Å². The molecule has 3 rings (SSSR count). The highest BCUT2D eigenvalue weighted by Gasteiger charge is 2.27. The van der Waals surface area contributed by atoms with E-state index in [0.717, 1.165) is 22.2 Å². The van der Waals surface area contributed by atoms with Crippen molar-refractivity contribution >= 4 is 16.9 Å². The number of benzene rings is 1. The maximum atomic E-state index is 11.2. The summed E-state index contributed by atoms with van der Waals surface area (Å²) in [4.78, 5) is 18.9. The number of H-pyrrole nitrogens is 1. The normalized spacial score (nSPS) is 12.0. The fourth-order valence-electron chi connectivity index (χ4n) is 2.51. The van der Waals surface area contributed by atoms with Crippen LogP contribution in [0.4, 0.5) is 0 Å². The van der Waals surface area contributed by atoms with E-state index in [9.17, 15) is 9.90 Å². The van der Waals surface area contributed by atoms with E-state index in [1.807, 2.05) is 0 Å². The van der Waals surface area contributed by atoms with Crippen molar-refractivity contribution < 1.29 is 14.4 Å². The monoisotopic (exact) mass is 299 g/mol. The van der Waals surface area contributed by atoms with Crippen molar-refractivity contribution in [3.8, 4) is 11.5 Å². The third-order valence-corrected chi connectivity index (χ3v) is 3.54. The second kappa shape index (κ2) is 4.69. The van der Waals surface area contributed by atoms with Gasteiger partial charge in [0.15, 0.2) is 5.82 Å². The molecule has 0 amide bonds. The number of aromatic amines is 1. The maximum Gasteiger partial charge on any atom is 0.335 e. The van der Waals surface area contributed by atoms with E-state index in [4.69, 9.17) is 4.52 Å². The molecule has 6 nitrogen and oxygen atoms in total. The molecule has 6 heteroatoms. The summed E-state index contributed by atoms with van der Waals surface area (Å²) >= 11 is 0. The van der Waals surface area contributed by atoms with Gasteiger partial charge in [0.05, 0.1) is 11.1 Å². The van der Waals surface area contributed by atoms with Gasteiger partial charge in [-0.1, -0.05) is 25.9 Å². The van der Waals surface area contributed by atoms with Gasteiger partial charge in [-0.3, -0.25) is 0 Å². The zero-order chi connectivity index (χ0) is 16.1. The van der Waals surface area contributed by atoms with E-state index < -0.39 is 5.97 Å². The summed E-state index contributed by atoms with van der Waals surface area (Å²) in [6.07, 6.45) is 0. The van der Waals surface area contributed by atoms with Gasteiger partial charge in [-0.15, -0.1) is 0 Å². The van der Waals surface area contributed by atoms with Crippen molar-refractivity contribution in [1.29, 1.82) is 0 Å². The Bertz CT molecular complexity index is 869. The van der Waals surface area contributed by atoms with E-state index in [1.165, 1.54) is 0 Å². The van der Waals surface area contributed by atoms with Crippen molar-refractivity contribution in [2.75, 3.05) is 0 Å². The molecule has 114 valence electrons. The Hall–Kier alpha value is -2.63. The lowest BCUT2D eigenvalue weighted by Crippen LogP contribution is -2.13. The third-order valence-electron chi connectivity index (χ3n) is 3.54. The fraction of sp³-hybridized carbons (Fsp3) is 0.312. The third kappa shape index (κ3) is 2.26. The van der Waals surface area contributed by atoms with Gasteiger partial charge in [0, 0.05) is 22.0 Å². The summed E-state index contributed by atoms with van der Waals surface area (Å²) in [6, 6.07) is 4.98. The van der Waals surface area contributed by atoms with Crippen LogP contribution in [0.1, 0.15) is 42.6 Å².